The first-order valence-electron chi connectivity index (χ1n) is 9.90. The van der Waals surface area contributed by atoms with E-state index in [2.05, 4.69) is 26.8 Å². The molecule has 0 fully saturated rings. The summed E-state index contributed by atoms with van der Waals surface area (Å²) in [7, 11) is 2.77. The van der Waals surface area contributed by atoms with Crippen LogP contribution < -0.4 is 5.73 Å². The first-order valence-corrected chi connectivity index (χ1v) is 9.90. The molecule has 5 heteroatoms. The maximum atomic E-state index is 13.1. The minimum Gasteiger partial charge on any atom is -0.489 e. The van der Waals surface area contributed by atoms with Crippen LogP contribution >= 0.6 is 0 Å². The molecule has 158 valence electrons. The molecule has 2 N–H and O–H groups in total. The Labute approximate surface area is 170 Å². The van der Waals surface area contributed by atoms with E-state index in [1.165, 1.54) is 19.8 Å². The Balaban J connectivity index is 3.27. The number of carbonyl (C=O) groups excluding carboxylic acids is 2. The fourth-order valence-electron chi connectivity index (χ4n) is 3.65. The number of nitrogens with two attached hydrogens (primary N) is 1. The summed E-state index contributed by atoms with van der Waals surface area (Å²) in [4.78, 5) is 25.9. The van der Waals surface area contributed by atoms with Crippen molar-refractivity contribution in [2.45, 2.75) is 73.8 Å². The lowest BCUT2D eigenvalue weighted by Crippen LogP contribution is -2.35. The third-order valence-electron chi connectivity index (χ3n) is 6.22. The smallest absolute Gasteiger partial charge is 0.228 e. The van der Waals surface area contributed by atoms with Crippen molar-refractivity contribution in [2.75, 3.05) is 14.2 Å². The third-order valence-corrected chi connectivity index (χ3v) is 6.22. The van der Waals surface area contributed by atoms with Crippen LogP contribution in [0.5, 0.6) is 0 Å². The summed E-state index contributed by atoms with van der Waals surface area (Å²) in [5.74, 6) is -0.570. The van der Waals surface area contributed by atoms with Gasteiger partial charge in [-0.3, -0.25) is 9.59 Å². The van der Waals surface area contributed by atoms with Crippen molar-refractivity contribution in [1.29, 1.82) is 0 Å². The summed E-state index contributed by atoms with van der Waals surface area (Å²) in [5.41, 5.74) is 7.82. The molecule has 0 amide bonds. The van der Waals surface area contributed by atoms with Gasteiger partial charge in [-0.05, 0) is 45.4 Å². The second kappa shape index (κ2) is 9.08. The number of ketones is 2. The van der Waals surface area contributed by atoms with Gasteiger partial charge in [0.2, 0.25) is 23.1 Å². The molecule has 0 aliphatic heterocycles. The molecule has 0 bridgehead atoms. The molecule has 0 radical (unpaired) electrons. The minimum absolute atomic E-state index is 0.00562. The second-order valence-corrected chi connectivity index (χ2v) is 8.85. The van der Waals surface area contributed by atoms with Gasteiger partial charge in [0.25, 0.3) is 0 Å². The second-order valence-electron chi connectivity index (χ2n) is 8.85. The van der Waals surface area contributed by atoms with Crippen LogP contribution in [-0.2, 0) is 19.1 Å². The van der Waals surface area contributed by atoms with Crippen molar-refractivity contribution in [3.05, 3.63) is 34.3 Å². The van der Waals surface area contributed by atoms with E-state index < -0.39 is 5.41 Å². The van der Waals surface area contributed by atoms with Crippen molar-refractivity contribution in [3.63, 3.8) is 0 Å². The molecule has 0 aromatic rings. The maximum absolute atomic E-state index is 13.1. The SMILES string of the molecule is CCC(C)(C/C=C(\C)CC(C)(C)[C@H](C)N)C1=C(C)C(=O)C(OC)=C(OC)C1=O. The molecular formula is C23H37NO4. The van der Waals surface area contributed by atoms with Gasteiger partial charge in [-0.15, -0.1) is 0 Å². The topological polar surface area (TPSA) is 78.6 Å². The standard InChI is InChI=1S/C23H37NO4/c1-10-23(7,12-11-14(2)13-22(5,6)16(4)24)17-15(3)18(25)20(27-8)21(28-9)19(17)26/h11,16H,10,12-13,24H2,1-9H3/b14-11+/t16-,23?/m0/s1. The van der Waals surface area contributed by atoms with E-state index in [1.807, 2.05) is 20.8 Å². The molecule has 0 aromatic carbocycles. The highest BCUT2D eigenvalue weighted by molar-refractivity contribution is 6.23. The molecule has 28 heavy (non-hydrogen) atoms. The van der Waals surface area contributed by atoms with E-state index in [9.17, 15) is 9.59 Å². The quantitative estimate of drug-likeness (QED) is 0.463. The van der Waals surface area contributed by atoms with Crippen LogP contribution in [-0.4, -0.2) is 31.8 Å². The van der Waals surface area contributed by atoms with Crippen molar-refractivity contribution in [2.24, 2.45) is 16.6 Å². The molecule has 5 nitrogen and oxygen atoms in total. The normalized spacial score (nSPS) is 19.7. The van der Waals surface area contributed by atoms with Gasteiger partial charge in [-0.25, -0.2) is 0 Å². The summed E-state index contributed by atoms with van der Waals surface area (Å²) in [6, 6.07) is 0.0813. The van der Waals surface area contributed by atoms with Gasteiger partial charge in [0, 0.05) is 22.6 Å². The van der Waals surface area contributed by atoms with Crippen LogP contribution in [0.2, 0.25) is 0 Å². The molecule has 1 aliphatic carbocycles. The van der Waals surface area contributed by atoms with Crippen molar-refractivity contribution in [3.8, 4) is 0 Å². The summed E-state index contributed by atoms with van der Waals surface area (Å²) in [5, 5.41) is 0. The highest BCUT2D eigenvalue weighted by atomic mass is 16.5. The number of hydrogen-bond acceptors (Lipinski definition) is 5. The van der Waals surface area contributed by atoms with Crippen molar-refractivity contribution >= 4 is 11.6 Å². The monoisotopic (exact) mass is 391 g/mol. The van der Waals surface area contributed by atoms with Crippen LogP contribution in [0.1, 0.15) is 67.7 Å². The van der Waals surface area contributed by atoms with Gasteiger partial charge in [0.1, 0.15) is 0 Å². The Morgan fingerprint density at radius 1 is 1.11 bits per heavy atom. The van der Waals surface area contributed by atoms with E-state index in [-0.39, 0.29) is 34.5 Å². The first kappa shape index (κ1) is 24.2. The number of rotatable bonds is 9. The fraction of sp³-hybridized carbons (Fsp3) is 0.652. The van der Waals surface area contributed by atoms with Crippen LogP contribution in [0.25, 0.3) is 0 Å². The van der Waals surface area contributed by atoms with Crippen LogP contribution in [0, 0.1) is 10.8 Å². The van der Waals surface area contributed by atoms with Gasteiger partial charge in [0.05, 0.1) is 14.2 Å². The highest BCUT2D eigenvalue weighted by Gasteiger charge is 2.42. The zero-order chi connectivity index (χ0) is 21.9. The summed E-state index contributed by atoms with van der Waals surface area (Å²) in [6.07, 6.45) is 4.44. The molecule has 0 aromatic heterocycles. The number of carbonyl (C=O) groups is 2. The Morgan fingerprint density at radius 2 is 1.61 bits per heavy atom. The Kier molecular flexibility index (Phi) is 7.83. The van der Waals surface area contributed by atoms with Crippen LogP contribution in [0.3, 0.4) is 0 Å². The predicted octanol–water partition coefficient (Wildman–Crippen LogP) is 4.48. The molecule has 0 spiro atoms. The van der Waals surface area contributed by atoms with Crippen molar-refractivity contribution in [1.82, 2.24) is 0 Å². The number of ether oxygens (including phenoxy) is 2. The number of allylic oxidation sites excluding steroid dienone is 4. The summed E-state index contributed by atoms with van der Waals surface area (Å²) in [6.45, 7) is 14.2. The molecule has 1 rings (SSSR count). The van der Waals surface area contributed by atoms with E-state index in [0.29, 0.717) is 17.6 Å². The average molecular weight is 392 g/mol. The zero-order valence-electron chi connectivity index (χ0n) is 19.0. The van der Waals surface area contributed by atoms with Crippen LogP contribution in [0.15, 0.2) is 34.3 Å². The van der Waals surface area contributed by atoms with Crippen molar-refractivity contribution < 1.29 is 19.1 Å². The van der Waals surface area contributed by atoms with Gasteiger partial charge in [0.15, 0.2) is 0 Å². The van der Waals surface area contributed by atoms with Gasteiger partial charge >= 0.3 is 0 Å². The number of hydrogen-bond donors (Lipinski definition) is 1. The lowest BCUT2D eigenvalue weighted by Gasteiger charge is -2.34. The zero-order valence-corrected chi connectivity index (χ0v) is 19.0. The predicted molar refractivity (Wildman–Crippen MR) is 113 cm³/mol. The Hall–Kier alpha value is -1.88. The molecule has 0 saturated heterocycles. The fourth-order valence-corrected chi connectivity index (χ4v) is 3.65. The summed E-state index contributed by atoms with van der Waals surface area (Å²) < 4.78 is 10.4. The van der Waals surface area contributed by atoms with E-state index >= 15 is 0 Å². The average Bonchev–Trinajstić information content (AvgIpc) is 2.62. The minimum atomic E-state index is -0.473. The Morgan fingerprint density at radius 3 is 2.04 bits per heavy atom. The lowest BCUT2D eigenvalue weighted by atomic mass is 9.70. The molecule has 1 aliphatic rings. The van der Waals surface area contributed by atoms with Crippen LogP contribution in [0.4, 0.5) is 0 Å². The number of methoxy groups -OCH3 is 2. The Bertz CT molecular complexity index is 725. The molecule has 0 saturated carbocycles. The lowest BCUT2D eigenvalue weighted by molar-refractivity contribution is -0.122. The number of Topliss-reactive ketones (excluding diaryl/α,β-unsaturated/α-hetero) is 2. The van der Waals surface area contributed by atoms with E-state index in [0.717, 1.165) is 12.8 Å². The van der Waals surface area contributed by atoms with Gasteiger partial charge < -0.3 is 15.2 Å². The highest BCUT2D eigenvalue weighted by Crippen LogP contribution is 2.42. The van der Waals surface area contributed by atoms with Gasteiger partial charge in [-0.1, -0.05) is 39.3 Å². The molecule has 0 heterocycles. The first-order chi connectivity index (χ1) is 12.9. The molecule has 2 atom stereocenters. The van der Waals surface area contributed by atoms with E-state index in [1.54, 1.807) is 6.92 Å². The molecular weight excluding hydrogens is 354 g/mol. The third kappa shape index (κ3) is 4.75. The largest absolute Gasteiger partial charge is 0.489 e. The summed E-state index contributed by atoms with van der Waals surface area (Å²) >= 11 is 0. The molecule has 1 unspecified atom stereocenters. The van der Waals surface area contributed by atoms with E-state index in [4.69, 9.17) is 15.2 Å². The maximum Gasteiger partial charge on any atom is 0.228 e. The van der Waals surface area contributed by atoms with Gasteiger partial charge in [-0.2, -0.15) is 0 Å².